The first-order chi connectivity index (χ1) is 9.26. The van der Waals surface area contributed by atoms with Gasteiger partial charge >= 0.3 is 0 Å². The topological polar surface area (TPSA) is 71.7 Å². The van der Waals surface area contributed by atoms with Crippen LogP contribution in [-0.2, 0) is 11.2 Å². The molecule has 0 saturated heterocycles. The highest BCUT2D eigenvalue weighted by Gasteiger charge is 1.97. The van der Waals surface area contributed by atoms with Gasteiger partial charge in [0.1, 0.15) is 5.82 Å². The maximum atomic E-state index is 12.7. The summed E-state index contributed by atoms with van der Waals surface area (Å²) < 4.78 is 17.7. The quantitative estimate of drug-likeness (QED) is 0.225. The van der Waals surface area contributed by atoms with Crippen molar-refractivity contribution < 1.29 is 9.13 Å². The highest BCUT2D eigenvalue weighted by atomic mass is 19.1. The van der Waals surface area contributed by atoms with Crippen molar-refractivity contribution in [2.75, 3.05) is 26.8 Å². The van der Waals surface area contributed by atoms with Gasteiger partial charge in [-0.25, -0.2) is 10.2 Å². The van der Waals surface area contributed by atoms with E-state index in [0.717, 1.165) is 18.4 Å². The van der Waals surface area contributed by atoms with Crippen molar-refractivity contribution in [3.8, 4) is 0 Å². The molecule has 0 radical (unpaired) electrons. The van der Waals surface area contributed by atoms with Crippen molar-refractivity contribution in [2.45, 2.75) is 12.8 Å². The van der Waals surface area contributed by atoms with Crippen LogP contribution in [0.2, 0.25) is 0 Å². The first-order valence-electron chi connectivity index (χ1n) is 6.24. The summed E-state index contributed by atoms with van der Waals surface area (Å²) in [7, 11) is 1.66. The molecule has 0 amide bonds. The molecule has 0 fully saturated rings. The summed E-state index contributed by atoms with van der Waals surface area (Å²) >= 11 is 0. The van der Waals surface area contributed by atoms with Gasteiger partial charge in [-0.1, -0.05) is 12.1 Å². The maximum Gasteiger partial charge on any atom is 0.205 e. The molecule has 0 aliphatic rings. The summed E-state index contributed by atoms with van der Waals surface area (Å²) in [6, 6.07) is 6.44. The molecule has 0 heterocycles. The predicted octanol–water partition coefficient (Wildman–Crippen LogP) is 0.814. The zero-order valence-corrected chi connectivity index (χ0v) is 11.2. The van der Waals surface area contributed by atoms with Gasteiger partial charge in [0, 0.05) is 26.8 Å². The van der Waals surface area contributed by atoms with E-state index in [9.17, 15) is 4.39 Å². The zero-order chi connectivity index (χ0) is 13.9. The molecular formula is C13H21FN4O. The second kappa shape index (κ2) is 9.29. The molecule has 0 aromatic heterocycles. The van der Waals surface area contributed by atoms with Crippen molar-refractivity contribution in [1.29, 1.82) is 0 Å². The summed E-state index contributed by atoms with van der Waals surface area (Å²) in [5.41, 5.74) is 3.57. The molecule has 0 saturated carbocycles. The van der Waals surface area contributed by atoms with Gasteiger partial charge < -0.3 is 10.1 Å². The number of rotatable bonds is 7. The molecule has 0 atom stereocenters. The molecule has 0 aliphatic carbocycles. The van der Waals surface area contributed by atoms with E-state index in [1.807, 2.05) is 0 Å². The Kier molecular flexibility index (Phi) is 7.53. The smallest absolute Gasteiger partial charge is 0.205 e. The van der Waals surface area contributed by atoms with Crippen LogP contribution in [0.25, 0.3) is 0 Å². The molecule has 19 heavy (non-hydrogen) atoms. The number of ether oxygens (including phenoxy) is 1. The lowest BCUT2D eigenvalue weighted by atomic mass is 10.1. The van der Waals surface area contributed by atoms with Gasteiger partial charge in [-0.15, -0.1) is 0 Å². The van der Waals surface area contributed by atoms with Gasteiger partial charge in [-0.05, 0) is 30.5 Å². The Bertz CT molecular complexity index is 381. The number of nitrogens with zero attached hydrogens (tertiary/aromatic N) is 1. The molecule has 1 aromatic rings. The Morgan fingerprint density at radius 2 is 2.11 bits per heavy atom. The number of hydrazine groups is 1. The van der Waals surface area contributed by atoms with E-state index in [1.54, 1.807) is 19.2 Å². The summed E-state index contributed by atoms with van der Waals surface area (Å²) in [5, 5.41) is 3.09. The molecule has 5 nitrogen and oxygen atoms in total. The van der Waals surface area contributed by atoms with Crippen LogP contribution in [0.3, 0.4) is 0 Å². The SMILES string of the molecule is COCCCN=C(NN)NCCc1ccc(F)cc1. The van der Waals surface area contributed by atoms with Crippen LogP contribution in [0.4, 0.5) is 4.39 Å². The molecule has 0 aliphatic heterocycles. The van der Waals surface area contributed by atoms with Crippen molar-refractivity contribution >= 4 is 5.96 Å². The molecule has 6 heteroatoms. The van der Waals surface area contributed by atoms with Crippen LogP contribution in [-0.4, -0.2) is 32.8 Å². The van der Waals surface area contributed by atoms with Gasteiger partial charge in [0.2, 0.25) is 5.96 Å². The third kappa shape index (κ3) is 6.73. The van der Waals surface area contributed by atoms with Crippen molar-refractivity contribution in [3.05, 3.63) is 35.6 Å². The number of halogens is 1. The maximum absolute atomic E-state index is 12.7. The minimum absolute atomic E-state index is 0.222. The molecular weight excluding hydrogens is 247 g/mol. The Morgan fingerprint density at radius 1 is 1.37 bits per heavy atom. The van der Waals surface area contributed by atoms with Crippen molar-refractivity contribution in [3.63, 3.8) is 0 Å². The number of nitrogens with one attached hydrogen (secondary N) is 2. The largest absolute Gasteiger partial charge is 0.385 e. The minimum Gasteiger partial charge on any atom is -0.385 e. The van der Waals surface area contributed by atoms with E-state index in [1.165, 1.54) is 12.1 Å². The van der Waals surface area contributed by atoms with Gasteiger partial charge in [-0.3, -0.25) is 10.4 Å². The molecule has 0 bridgehead atoms. The normalized spacial score (nSPS) is 11.4. The Labute approximate surface area is 113 Å². The monoisotopic (exact) mass is 268 g/mol. The third-order valence-corrected chi connectivity index (χ3v) is 2.53. The first-order valence-corrected chi connectivity index (χ1v) is 6.24. The first kappa shape index (κ1) is 15.4. The zero-order valence-electron chi connectivity index (χ0n) is 11.2. The fourth-order valence-corrected chi connectivity index (χ4v) is 1.53. The summed E-state index contributed by atoms with van der Waals surface area (Å²) in [6.07, 6.45) is 1.63. The fraction of sp³-hybridized carbons (Fsp3) is 0.462. The third-order valence-electron chi connectivity index (χ3n) is 2.53. The molecule has 1 aromatic carbocycles. The Morgan fingerprint density at radius 3 is 2.74 bits per heavy atom. The number of nitrogens with two attached hydrogens (primary N) is 1. The number of aliphatic imine (C=N–C) groups is 1. The second-order valence-corrected chi connectivity index (χ2v) is 4.02. The van der Waals surface area contributed by atoms with Crippen LogP contribution in [0.15, 0.2) is 29.3 Å². The number of hydrogen-bond acceptors (Lipinski definition) is 3. The van der Waals surface area contributed by atoms with Crippen LogP contribution < -0.4 is 16.6 Å². The summed E-state index contributed by atoms with van der Waals surface area (Å²) in [6.45, 7) is 2.01. The van der Waals surface area contributed by atoms with Crippen LogP contribution in [0, 0.1) is 5.82 Å². The van der Waals surface area contributed by atoms with E-state index in [2.05, 4.69) is 15.7 Å². The number of benzene rings is 1. The second-order valence-electron chi connectivity index (χ2n) is 4.02. The van der Waals surface area contributed by atoms with E-state index < -0.39 is 0 Å². The highest BCUT2D eigenvalue weighted by Crippen LogP contribution is 2.02. The van der Waals surface area contributed by atoms with Crippen LogP contribution in [0.1, 0.15) is 12.0 Å². The minimum atomic E-state index is -0.222. The predicted molar refractivity (Wildman–Crippen MR) is 74.2 cm³/mol. The molecule has 1 rings (SSSR count). The average Bonchev–Trinajstić information content (AvgIpc) is 2.43. The van der Waals surface area contributed by atoms with Crippen LogP contribution >= 0.6 is 0 Å². The molecule has 4 N–H and O–H groups in total. The lowest BCUT2D eigenvalue weighted by Gasteiger charge is -2.09. The van der Waals surface area contributed by atoms with Crippen molar-refractivity contribution in [1.82, 2.24) is 10.7 Å². The van der Waals surface area contributed by atoms with E-state index in [0.29, 0.717) is 25.7 Å². The Balaban J connectivity index is 2.27. The van der Waals surface area contributed by atoms with Crippen LogP contribution in [0.5, 0.6) is 0 Å². The molecule has 0 spiro atoms. The van der Waals surface area contributed by atoms with Gasteiger partial charge in [0.05, 0.1) is 0 Å². The van der Waals surface area contributed by atoms with E-state index >= 15 is 0 Å². The fourth-order valence-electron chi connectivity index (χ4n) is 1.53. The number of hydrogen-bond donors (Lipinski definition) is 3. The number of methoxy groups -OCH3 is 1. The van der Waals surface area contributed by atoms with Gasteiger partial charge in [0.15, 0.2) is 0 Å². The standard InChI is InChI=1S/C13H21FN4O/c1-19-10-2-8-16-13(18-15)17-9-7-11-3-5-12(14)6-4-11/h3-6H,2,7-10,15H2,1H3,(H2,16,17,18). The van der Waals surface area contributed by atoms with Gasteiger partial charge in [-0.2, -0.15) is 0 Å². The summed E-state index contributed by atoms with van der Waals surface area (Å²) in [5.74, 6) is 5.70. The highest BCUT2D eigenvalue weighted by molar-refractivity contribution is 5.79. The lowest BCUT2D eigenvalue weighted by molar-refractivity contribution is 0.197. The number of guanidine groups is 1. The van der Waals surface area contributed by atoms with E-state index in [-0.39, 0.29) is 5.82 Å². The van der Waals surface area contributed by atoms with Crippen molar-refractivity contribution in [2.24, 2.45) is 10.8 Å². The lowest BCUT2D eigenvalue weighted by Crippen LogP contribution is -2.42. The summed E-state index contributed by atoms with van der Waals surface area (Å²) in [4.78, 5) is 4.25. The average molecular weight is 268 g/mol. The van der Waals surface area contributed by atoms with E-state index in [4.69, 9.17) is 10.6 Å². The molecule has 0 unspecified atom stereocenters. The van der Waals surface area contributed by atoms with Gasteiger partial charge in [0.25, 0.3) is 0 Å². The Hall–Kier alpha value is -1.66. The molecule has 106 valence electrons.